The summed E-state index contributed by atoms with van der Waals surface area (Å²) in [5, 5.41) is 0. The first-order valence-corrected chi connectivity index (χ1v) is 6.95. The van der Waals surface area contributed by atoms with Crippen molar-refractivity contribution in [2.45, 2.75) is 39.0 Å². The van der Waals surface area contributed by atoms with E-state index in [2.05, 4.69) is 11.9 Å². The second kappa shape index (κ2) is 8.64. The molecule has 1 rings (SSSR count). The van der Waals surface area contributed by atoms with Crippen LogP contribution in [0.3, 0.4) is 0 Å². The average molecular weight is 264 g/mol. The predicted octanol–water partition coefficient (Wildman–Crippen LogP) is 2.82. The van der Waals surface area contributed by atoms with Gasteiger partial charge in [0, 0.05) is 12.6 Å². The maximum absolute atomic E-state index is 12.2. The molecule has 0 aliphatic rings. The normalized spacial score (nSPS) is 12.2. The molecule has 4 heteroatoms. The van der Waals surface area contributed by atoms with Gasteiger partial charge < -0.3 is 10.5 Å². The van der Waals surface area contributed by atoms with Crippen LogP contribution >= 0.6 is 0 Å². The molecule has 0 saturated heterocycles. The average Bonchev–Trinajstić information content (AvgIpc) is 2.44. The summed E-state index contributed by atoms with van der Waals surface area (Å²) in [6.07, 6.45) is 6.26. The monoisotopic (exact) mass is 264 g/mol. The van der Waals surface area contributed by atoms with Crippen LogP contribution < -0.4 is 10.5 Å². The Balaban J connectivity index is 2.58. The van der Waals surface area contributed by atoms with Crippen molar-refractivity contribution in [3.63, 3.8) is 0 Å². The zero-order valence-electron chi connectivity index (χ0n) is 11.9. The Morgan fingerprint density at radius 1 is 1.42 bits per heavy atom. The van der Waals surface area contributed by atoms with Crippen LogP contribution in [0.5, 0.6) is 5.75 Å². The van der Waals surface area contributed by atoms with E-state index in [1.54, 1.807) is 25.4 Å². The zero-order valence-corrected chi connectivity index (χ0v) is 11.9. The Morgan fingerprint density at radius 2 is 2.21 bits per heavy atom. The molecule has 1 unspecified atom stereocenters. The number of hydrogen-bond donors (Lipinski definition) is 1. The number of methoxy groups -OCH3 is 1. The van der Waals surface area contributed by atoms with Crippen LogP contribution in [0.4, 0.5) is 0 Å². The van der Waals surface area contributed by atoms with Gasteiger partial charge in [0.15, 0.2) is 5.78 Å². The lowest BCUT2D eigenvalue weighted by atomic mass is 9.93. The summed E-state index contributed by atoms with van der Waals surface area (Å²) in [5.41, 5.74) is 6.04. The van der Waals surface area contributed by atoms with Gasteiger partial charge in [0.1, 0.15) is 11.4 Å². The van der Waals surface area contributed by atoms with Gasteiger partial charge in [-0.2, -0.15) is 0 Å². The van der Waals surface area contributed by atoms with Crippen LogP contribution in [0.1, 0.15) is 49.5 Å². The van der Waals surface area contributed by atoms with Crippen molar-refractivity contribution in [3.05, 3.63) is 24.0 Å². The van der Waals surface area contributed by atoms with Gasteiger partial charge in [0.25, 0.3) is 0 Å². The van der Waals surface area contributed by atoms with Gasteiger partial charge in [0.2, 0.25) is 0 Å². The lowest BCUT2D eigenvalue weighted by Gasteiger charge is -2.14. The Kier molecular flexibility index (Phi) is 7.11. The Morgan fingerprint density at radius 3 is 2.84 bits per heavy atom. The van der Waals surface area contributed by atoms with Gasteiger partial charge in [-0.3, -0.25) is 4.79 Å². The van der Waals surface area contributed by atoms with Crippen molar-refractivity contribution in [1.29, 1.82) is 0 Å². The van der Waals surface area contributed by atoms with E-state index >= 15 is 0 Å². The first-order chi connectivity index (χ1) is 9.22. The minimum absolute atomic E-state index is 0.0515. The minimum Gasteiger partial charge on any atom is -0.494 e. The number of rotatable bonds is 9. The van der Waals surface area contributed by atoms with Gasteiger partial charge in [-0.25, -0.2) is 4.98 Å². The smallest absolute Gasteiger partial charge is 0.184 e. The number of Topliss-reactive ketones (excluding diaryl/α,β-unsaturated/α-hetero) is 1. The summed E-state index contributed by atoms with van der Waals surface area (Å²) in [4.78, 5) is 16.3. The first-order valence-electron chi connectivity index (χ1n) is 6.95. The molecule has 0 aliphatic carbocycles. The molecule has 0 amide bonds. The quantitative estimate of drug-likeness (QED) is 0.696. The number of aromatic nitrogens is 1. The molecule has 0 aromatic carbocycles. The highest BCUT2D eigenvalue weighted by atomic mass is 16.5. The predicted molar refractivity (Wildman–Crippen MR) is 76.4 cm³/mol. The molecule has 19 heavy (non-hydrogen) atoms. The van der Waals surface area contributed by atoms with Crippen LogP contribution in [0.2, 0.25) is 0 Å². The number of pyridine rings is 1. The van der Waals surface area contributed by atoms with Crippen LogP contribution in [0.15, 0.2) is 18.3 Å². The number of carbonyl (C=O) groups is 1. The minimum atomic E-state index is 0.0515. The summed E-state index contributed by atoms with van der Waals surface area (Å²) >= 11 is 0. The van der Waals surface area contributed by atoms with E-state index in [4.69, 9.17) is 10.5 Å². The molecule has 0 aliphatic heterocycles. The van der Waals surface area contributed by atoms with Gasteiger partial charge in [-0.05, 0) is 37.4 Å². The summed E-state index contributed by atoms with van der Waals surface area (Å²) in [7, 11) is 1.56. The molecule has 1 atom stereocenters. The van der Waals surface area contributed by atoms with E-state index in [0.717, 1.165) is 25.7 Å². The number of ether oxygens (including phenoxy) is 1. The van der Waals surface area contributed by atoms with Crippen molar-refractivity contribution >= 4 is 5.78 Å². The number of hydrogen-bond acceptors (Lipinski definition) is 4. The molecule has 1 heterocycles. The second-order valence-corrected chi connectivity index (χ2v) is 4.75. The fourth-order valence-electron chi connectivity index (χ4n) is 2.30. The lowest BCUT2D eigenvalue weighted by molar-refractivity contribution is 0.0964. The summed E-state index contributed by atoms with van der Waals surface area (Å²) in [6, 6.07) is 3.54. The molecule has 1 aromatic rings. The third-order valence-electron chi connectivity index (χ3n) is 3.31. The SMILES string of the molecule is CCCC(CCN)CCC(=O)c1ncccc1OC. The van der Waals surface area contributed by atoms with E-state index in [9.17, 15) is 4.79 Å². The summed E-state index contributed by atoms with van der Waals surface area (Å²) < 4.78 is 5.16. The van der Waals surface area contributed by atoms with Crippen molar-refractivity contribution in [2.24, 2.45) is 11.7 Å². The number of nitrogens with two attached hydrogens (primary N) is 1. The molecule has 0 saturated carbocycles. The van der Waals surface area contributed by atoms with E-state index in [1.165, 1.54) is 0 Å². The summed E-state index contributed by atoms with van der Waals surface area (Å²) in [6.45, 7) is 2.85. The largest absolute Gasteiger partial charge is 0.494 e. The number of ketones is 1. The highest BCUT2D eigenvalue weighted by Gasteiger charge is 2.15. The molecular formula is C15H24N2O2. The van der Waals surface area contributed by atoms with E-state index < -0.39 is 0 Å². The molecule has 4 nitrogen and oxygen atoms in total. The number of carbonyl (C=O) groups excluding carboxylic acids is 1. The molecule has 0 bridgehead atoms. The third-order valence-corrected chi connectivity index (χ3v) is 3.31. The molecule has 1 aromatic heterocycles. The first kappa shape index (κ1) is 15.6. The molecule has 0 radical (unpaired) electrons. The lowest BCUT2D eigenvalue weighted by Crippen LogP contribution is -2.12. The fourth-order valence-corrected chi connectivity index (χ4v) is 2.30. The summed E-state index contributed by atoms with van der Waals surface area (Å²) in [5.74, 6) is 1.14. The van der Waals surface area contributed by atoms with Crippen LogP contribution in [-0.4, -0.2) is 24.4 Å². The third kappa shape index (κ3) is 4.99. The Hall–Kier alpha value is -1.42. The highest BCUT2D eigenvalue weighted by Crippen LogP contribution is 2.21. The molecular weight excluding hydrogens is 240 g/mol. The van der Waals surface area contributed by atoms with Gasteiger partial charge in [0.05, 0.1) is 7.11 Å². The van der Waals surface area contributed by atoms with Crippen molar-refractivity contribution < 1.29 is 9.53 Å². The van der Waals surface area contributed by atoms with Crippen LogP contribution in [0.25, 0.3) is 0 Å². The van der Waals surface area contributed by atoms with Gasteiger partial charge in [-0.15, -0.1) is 0 Å². The zero-order chi connectivity index (χ0) is 14.1. The van der Waals surface area contributed by atoms with Crippen LogP contribution in [-0.2, 0) is 0 Å². The molecule has 2 N–H and O–H groups in total. The number of nitrogens with zero attached hydrogens (tertiary/aromatic N) is 1. The highest BCUT2D eigenvalue weighted by molar-refractivity contribution is 5.96. The van der Waals surface area contributed by atoms with E-state index in [-0.39, 0.29) is 5.78 Å². The maximum atomic E-state index is 12.2. The van der Waals surface area contributed by atoms with Gasteiger partial charge >= 0.3 is 0 Å². The van der Waals surface area contributed by atoms with Gasteiger partial charge in [-0.1, -0.05) is 19.8 Å². The van der Waals surface area contributed by atoms with E-state index in [1.807, 2.05) is 0 Å². The topological polar surface area (TPSA) is 65.2 Å². The molecule has 106 valence electrons. The molecule has 0 fully saturated rings. The van der Waals surface area contributed by atoms with Crippen molar-refractivity contribution in [1.82, 2.24) is 4.98 Å². The Labute approximate surface area is 115 Å². The van der Waals surface area contributed by atoms with Crippen molar-refractivity contribution in [2.75, 3.05) is 13.7 Å². The fraction of sp³-hybridized carbons (Fsp3) is 0.600. The Bertz CT molecular complexity index is 387. The molecule has 0 spiro atoms. The second-order valence-electron chi connectivity index (χ2n) is 4.75. The van der Waals surface area contributed by atoms with Crippen molar-refractivity contribution in [3.8, 4) is 5.75 Å². The van der Waals surface area contributed by atoms with E-state index in [0.29, 0.717) is 30.3 Å². The van der Waals surface area contributed by atoms with Crippen LogP contribution in [0, 0.1) is 5.92 Å². The standard InChI is InChI=1S/C15H24N2O2/c1-3-5-12(9-10-16)7-8-13(18)15-14(19-2)6-4-11-17-15/h4,6,11-12H,3,5,7-10,16H2,1-2H3. The maximum Gasteiger partial charge on any atom is 0.184 e.